The second kappa shape index (κ2) is 6.34. The molecule has 100 valence electrons. The van der Waals surface area contributed by atoms with Gasteiger partial charge in [0.25, 0.3) is 0 Å². The SMILES string of the molecule is CCOC(=O)C1=C(/C=C/c2ccccc2)C[C@@H](O)C1. The predicted molar refractivity (Wildman–Crippen MR) is 74.4 cm³/mol. The number of aliphatic hydroxyl groups excluding tert-OH is 1. The van der Waals surface area contributed by atoms with Crippen LogP contribution in [0, 0.1) is 0 Å². The fourth-order valence-corrected chi connectivity index (χ4v) is 2.18. The molecule has 1 aromatic rings. The second-order valence-electron chi connectivity index (χ2n) is 4.53. The summed E-state index contributed by atoms with van der Waals surface area (Å²) in [4.78, 5) is 11.8. The van der Waals surface area contributed by atoms with E-state index < -0.39 is 6.10 Å². The first kappa shape index (κ1) is 13.6. The van der Waals surface area contributed by atoms with Crippen molar-refractivity contribution in [1.29, 1.82) is 0 Å². The van der Waals surface area contributed by atoms with Crippen molar-refractivity contribution in [2.45, 2.75) is 25.9 Å². The lowest BCUT2D eigenvalue weighted by atomic mass is 10.1. The molecule has 0 saturated carbocycles. The molecule has 1 N–H and O–H groups in total. The summed E-state index contributed by atoms with van der Waals surface area (Å²) >= 11 is 0. The summed E-state index contributed by atoms with van der Waals surface area (Å²) in [5.41, 5.74) is 2.54. The van der Waals surface area contributed by atoms with E-state index in [1.54, 1.807) is 6.92 Å². The molecule has 19 heavy (non-hydrogen) atoms. The van der Waals surface area contributed by atoms with E-state index in [-0.39, 0.29) is 5.97 Å². The summed E-state index contributed by atoms with van der Waals surface area (Å²) in [7, 11) is 0. The molecule has 0 aromatic heterocycles. The largest absolute Gasteiger partial charge is 0.463 e. The molecule has 0 spiro atoms. The minimum absolute atomic E-state index is 0.313. The zero-order valence-corrected chi connectivity index (χ0v) is 11.0. The van der Waals surface area contributed by atoms with Crippen molar-refractivity contribution in [3.05, 3.63) is 53.1 Å². The van der Waals surface area contributed by atoms with Crippen LogP contribution in [-0.4, -0.2) is 23.8 Å². The highest BCUT2D eigenvalue weighted by molar-refractivity contribution is 5.91. The van der Waals surface area contributed by atoms with Crippen molar-refractivity contribution in [3.63, 3.8) is 0 Å². The summed E-state index contributed by atoms with van der Waals surface area (Å²) < 4.78 is 5.01. The third-order valence-electron chi connectivity index (χ3n) is 3.08. The van der Waals surface area contributed by atoms with Crippen molar-refractivity contribution in [1.82, 2.24) is 0 Å². The van der Waals surface area contributed by atoms with Gasteiger partial charge in [0.2, 0.25) is 0 Å². The Balaban J connectivity index is 2.18. The van der Waals surface area contributed by atoms with E-state index in [1.165, 1.54) is 0 Å². The van der Waals surface area contributed by atoms with Crippen molar-refractivity contribution >= 4 is 12.0 Å². The van der Waals surface area contributed by atoms with Crippen LogP contribution in [0.3, 0.4) is 0 Å². The van der Waals surface area contributed by atoms with Crippen LogP contribution >= 0.6 is 0 Å². The molecule has 0 fully saturated rings. The quantitative estimate of drug-likeness (QED) is 0.845. The van der Waals surface area contributed by atoms with E-state index in [2.05, 4.69) is 0 Å². The highest BCUT2D eigenvalue weighted by Gasteiger charge is 2.26. The molecule has 0 unspecified atom stereocenters. The smallest absolute Gasteiger partial charge is 0.334 e. The van der Waals surface area contributed by atoms with Crippen LogP contribution in [0.5, 0.6) is 0 Å². The number of benzene rings is 1. The highest BCUT2D eigenvalue weighted by atomic mass is 16.5. The van der Waals surface area contributed by atoms with Gasteiger partial charge in [-0.2, -0.15) is 0 Å². The number of rotatable bonds is 4. The molecule has 0 bridgehead atoms. The van der Waals surface area contributed by atoms with E-state index in [0.717, 1.165) is 11.1 Å². The number of esters is 1. The number of aliphatic hydroxyl groups is 1. The molecule has 0 amide bonds. The zero-order chi connectivity index (χ0) is 13.7. The lowest BCUT2D eigenvalue weighted by Gasteiger charge is -2.03. The molecule has 1 aliphatic carbocycles. The van der Waals surface area contributed by atoms with Crippen LogP contribution in [0.1, 0.15) is 25.3 Å². The molecule has 0 radical (unpaired) electrons. The Hall–Kier alpha value is -1.87. The van der Waals surface area contributed by atoms with Crippen LogP contribution in [-0.2, 0) is 9.53 Å². The van der Waals surface area contributed by atoms with Crippen molar-refractivity contribution in [2.75, 3.05) is 6.61 Å². The van der Waals surface area contributed by atoms with Gasteiger partial charge in [0.1, 0.15) is 0 Å². The van der Waals surface area contributed by atoms with E-state index in [1.807, 2.05) is 42.5 Å². The van der Waals surface area contributed by atoms with Gasteiger partial charge in [-0.15, -0.1) is 0 Å². The second-order valence-corrected chi connectivity index (χ2v) is 4.53. The van der Waals surface area contributed by atoms with Crippen molar-refractivity contribution in [3.8, 4) is 0 Å². The van der Waals surface area contributed by atoms with Crippen LogP contribution in [0.4, 0.5) is 0 Å². The number of hydrogen-bond donors (Lipinski definition) is 1. The molecule has 1 aromatic carbocycles. The standard InChI is InChI=1S/C16H18O3/c1-2-19-16(18)15-11-14(17)10-13(15)9-8-12-6-4-3-5-7-12/h3-9,14,17H,2,10-11H2,1H3/b9-8+/t14-/m1/s1. The Morgan fingerprint density at radius 1 is 1.32 bits per heavy atom. The topological polar surface area (TPSA) is 46.5 Å². The Labute approximate surface area is 113 Å². The van der Waals surface area contributed by atoms with Crippen molar-refractivity contribution in [2.24, 2.45) is 0 Å². The number of hydrogen-bond acceptors (Lipinski definition) is 3. The van der Waals surface area contributed by atoms with Crippen LogP contribution in [0.2, 0.25) is 0 Å². The summed E-state index contributed by atoms with van der Waals surface area (Å²) in [6.45, 7) is 2.14. The summed E-state index contributed by atoms with van der Waals surface area (Å²) in [5, 5.41) is 9.70. The Bertz CT molecular complexity index is 500. The zero-order valence-electron chi connectivity index (χ0n) is 11.0. The molecule has 2 rings (SSSR count). The Kier molecular flexibility index (Phi) is 4.53. The molecule has 1 aliphatic rings. The first-order chi connectivity index (χ1) is 9.20. The van der Waals surface area contributed by atoms with E-state index >= 15 is 0 Å². The number of carbonyl (C=O) groups is 1. The molecule has 1 atom stereocenters. The molecule has 3 heteroatoms. The van der Waals surface area contributed by atoms with Crippen LogP contribution in [0.15, 0.2) is 47.6 Å². The van der Waals surface area contributed by atoms with Gasteiger partial charge in [0.15, 0.2) is 0 Å². The summed E-state index contributed by atoms with van der Waals surface area (Å²) in [5.74, 6) is -0.313. The first-order valence-corrected chi connectivity index (χ1v) is 6.51. The van der Waals surface area contributed by atoms with Gasteiger partial charge in [0, 0.05) is 12.0 Å². The molecule has 0 saturated heterocycles. The van der Waals surface area contributed by atoms with E-state index in [0.29, 0.717) is 25.0 Å². The minimum Gasteiger partial charge on any atom is -0.463 e. The summed E-state index contributed by atoms with van der Waals surface area (Å²) in [6, 6.07) is 9.87. The number of ether oxygens (including phenoxy) is 1. The fourth-order valence-electron chi connectivity index (χ4n) is 2.18. The Morgan fingerprint density at radius 2 is 2.05 bits per heavy atom. The van der Waals surface area contributed by atoms with Gasteiger partial charge in [-0.25, -0.2) is 4.79 Å². The minimum atomic E-state index is -0.477. The Morgan fingerprint density at radius 3 is 2.74 bits per heavy atom. The highest BCUT2D eigenvalue weighted by Crippen LogP contribution is 2.29. The van der Waals surface area contributed by atoms with Gasteiger partial charge >= 0.3 is 5.97 Å². The molecule has 3 nitrogen and oxygen atoms in total. The maximum absolute atomic E-state index is 11.8. The third kappa shape index (κ3) is 3.55. The maximum atomic E-state index is 11.8. The molecular formula is C16H18O3. The van der Waals surface area contributed by atoms with Crippen molar-refractivity contribution < 1.29 is 14.6 Å². The monoisotopic (exact) mass is 258 g/mol. The third-order valence-corrected chi connectivity index (χ3v) is 3.08. The fraction of sp³-hybridized carbons (Fsp3) is 0.312. The average molecular weight is 258 g/mol. The number of carbonyl (C=O) groups excluding carboxylic acids is 1. The normalized spacial score (nSPS) is 19.2. The van der Waals surface area contributed by atoms with Crippen LogP contribution < -0.4 is 0 Å². The van der Waals surface area contributed by atoms with Gasteiger partial charge in [0.05, 0.1) is 12.7 Å². The molecular weight excluding hydrogens is 240 g/mol. The van der Waals surface area contributed by atoms with E-state index in [4.69, 9.17) is 4.74 Å². The molecule has 0 heterocycles. The van der Waals surface area contributed by atoms with Gasteiger partial charge in [-0.1, -0.05) is 42.5 Å². The van der Waals surface area contributed by atoms with Gasteiger partial charge in [-0.3, -0.25) is 0 Å². The summed E-state index contributed by atoms with van der Waals surface area (Å²) in [6.07, 6.45) is 4.27. The van der Waals surface area contributed by atoms with Gasteiger partial charge < -0.3 is 9.84 Å². The lowest BCUT2D eigenvalue weighted by molar-refractivity contribution is -0.138. The first-order valence-electron chi connectivity index (χ1n) is 6.51. The van der Waals surface area contributed by atoms with E-state index in [9.17, 15) is 9.90 Å². The predicted octanol–water partition coefficient (Wildman–Crippen LogP) is 2.71. The average Bonchev–Trinajstić information content (AvgIpc) is 2.79. The lowest BCUT2D eigenvalue weighted by Crippen LogP contribution is -2.09. The maximum Gasteiger partial charge on any atom is 0.334 e. The van der Waals surface area contributed by atoms with Crippen LogP contribution in [0.25, 0.3) is 6.08 Å². The molecule has 0 aliphatic heterocycles. The number of allylic oxidation sites excluding steroid dienone is 1. The van der Waals surface area contributed by atoms with Gasteiger partial charge in [-0.05, 0) is 24.5 Å².